The van der Waals surface area contributed by atoms with E-state index in [1.807, 2.05) is 13.1 Å². The van der Waals surface area contributed by atoms with Crippen LogP contribution in [0.1, 0.15) is 118 Å². The van der Waals surface area contributed by atoms with E-state index in [9.17, 15) is 27.9 Å². The molecule has 0 bridgehead atoms. The van der Waals surface area contributed by atoms with Gasteiger partial charge in [-0.3, -0.25) is 14.6 Å². The summed E-state index contributed by atoms with van der Waals surface area (Å²) in [6.45, 7) is 12.1. The van der Waals surface area contributed by atoms with Gasteiger partial charge in [-0.05, 0) is 110 Å². The molecule has 0 radical (unpaired) electrons. The number of aromatic nitrogens is 4. The maximum atomic E-state index is 15.0. The molecule has 6 N–H and O–H groups in total. The van der Waals surface area contributed by atoms with E-state index >= 15 is 0 Å². The summed E-state index contributed by atoms with van der Waals surface area (Å²) in [5.74, 6) is 0.0354. The topological polar surface area (TPSA) is 227 Å². The van der Waals surface area contributed by atoms with Crippen molar-refractivity contribution < 1.29 is 42.0 Å². The maximum Gasteiger partial charge on any atom is 0.268 e. The van der Waals surface area contributed by atoms with Gasteiger partial charge in [-0.2, -0.15) is 4.98 Å². The summed E-state index contributed by atoms with van der Waals surface area (Å²) in [6, 6.07) is 19.8. The third kappa shape index (κ3) is 10.9. The monoisotopic (exact) mass is 1110 g/mol. The summed E-state index contributed by atoms with van der Waals surface area (Å²) < 4.78 is 63.4. The van der Waals surface area contributed by atoms with Crippen LogP contribution >= 0.6 is 0 Å². The van der Waals surface area contributed by atoms with Crippen molar-refractivity contribution >= 4 is 49.8 Å². The van der Waals surface area contributed by atoms with Gasteiger partial charge >= 0.3 is 0 Å². The van der Waals surface area contributed by atoms with Crippen molar-refractivity contribution in [2.45, 2.75) is 126 Å². The van der Waals surface area contributed by atoms with E-state index < -0.39 is 32.4 Å². The molecule has 4 atom stereocenters. The van der Waals surface area contributed by atoms with E-state index in [1.165, 1.54) is 55.2 Å². The Morgan fingerprint density at radius 1 is 1.02 bits per heavy atom. The smallest absolute Gasteiger partial charge is 0.268 e. The number of halogens is 1. The van der Waals surface area contributed by atoms with Crippen LogP contribution in [0.25, 0.3) is 11.0 Å². The van der Waals surface area contributed by atoms with Gasteiger partial charge in [0.15, 0.2) is 17.3 Å². The first-order valence-electron chi connectivity index (χ1n) is 28.2. The zero-order chi connectivity index (χ0) is 55.7. The highest BCUT2D eigenvalue weighted by Crippen LogP contribution is 2.54. The first kappa shape index (κ1) is 54.0. The Morgan fingerprint density at radius 3 is 2.58 bits per heavy atom. The van der Waals surface area contributed by atoms with E-state index in [-0.39, 0.29) is 73.9 Å². The summed E-state index contributed by atoms with van der Waals surface area (Å²) in [5.41, 5.74) is 5.47. The van der Waals surface area contributed by atoms with E-state index in [2.05, 4.69) is 94.2 Å². The van der Waals surface area contributed by atoms with Crippen LogP contribution in [-0.4, -0.2) is 126 Å². The average molecular weight is 1110 g/mol. The minimum atomic E-state index is -4.60. The lowest BCUT2D eigenvalue weighted by atomic mass is 9.59. The highest BCUT2D eigenvalue weighted by molar-refractivity contribution is 7.90. The number of H-pyrrole nitrogens is 1. The second kappa shape index (κ2) is 21.4. The van der Waals surface area contributed by atoms with Crippen molar-refractivity contribution in [3.63, 3.8) is 0 Å². The molecule has 1 spiro atoms. The minimum Gasteiger partial charge on any atom is -0.629 e. The van der Waals surface area contributed by atoms with E-state index in [4.69, 9.17) is 14.2 Å². The molecule has 19 nitrogen and oxygen atoms in total. The van der Waals surface area contributed by atoms with Crippen molar-refractivity contribution in [1.29, 1.82) is 0 Å². The van der Waals surface area contributed by atoms with Crippen molar-refractivity contribution in [1.82, 2.24) is 34.5 Å². The number of sulfonamides is 1. The number of nitrogens with one attached hydrogen (secondary N) is 5. The van der Waals surface area contributed by atoms with Gasteiger partial charge in [0.2, 0.25) is 5.88 Å². The number of ether oxygens (including phenoxy) is 3. The number of nitrogens with zero attached hydrogens (tertiary/aromatic N) is 6. The van der Waals surface area contributed by atoms with Gasteiger partial charge in [0.25, 0.3) is 21.8 Å². The van der Waals surface area contributed by atoms with E-state index in [1.54, 1.807) is 12.1 Å². The normalized spacial score (nSPS) is 24.3. The Kier molecular flexibility index (Phi) is 14.4. The van der Waals surface area contributed by atoms with Gasteiger partial charge in [-0.15, -0.1) is 0 Å². The van der Waals surface area contributed by atoms with Gasteiger partial charge in [-0.25, -0.2) is 27.5 Å². The third-order valence-electron chi connectivity index (χ3n) is 17.9. The molecule has 3 aliphatic heterocycles. The molecular formula is C59H72FN11O8S. The summed E-state index contributed by atoms with van der Waals surface area (Å²) in [5, 5.41) is 29.9. The number of aliphatic hydroxyl groups is 1. The summed E-state index contributed by atoms with van der Waals surface area (Å²) in [4.78, 5) is 37.7. The van der Waals surface area contributed by atoms with Crippen molar-refractivity contribution in [3.8, 4) is 23.3 Å². The maximum absolute atomic E-state index is 15.0. The Bertz CT molecular complexity index is 3410. The number of amides is 1. The highest BCUT2D eigenvalue weighted by atomic mass is 32.2. The predicted molar refractivity (Wildman–Crippen MR) is 302 cm³/mol. The SMILES string of the molecule is COc1nc2[nH]cc(F)c2cc1Oc1cc(N2CCC3(CC2)CC(N2CCN(Cc4ccnc5c4NC4CC4O5)C[C@H]2c2ccccc2C(C)C)C3)ccc1C(=O)NS(=O)(=O)c1cnc(NC[C@H]2CC[C@](C)(O)CC2)c([NH+](C)[O-])c1. The lowest BCUT2D eigenvalue weighted by Gasteiger charge is -2.58. The first-order valence-corrected chi connectivity index (χ1v) is 29.7. The molecule has 3 aliphatic carbocycles. The van der Waals surface area contributed by atoms with Gasteiger partial charge < -0.3 is 50.1 Å². The lowest BCUT2D eigenvalue weighted by Crippen LogP contribution is -2.98. The zero-order valence-electron chi connectivity index (χ0n) is 46.1. The number of aromatic amines is 1. The number of piperidine rings is 1. The Labute approximate surface area is 466 Å². The van der Waals surface area contributed by atoms with Crippen molar-refractivity contribution in [2.24, 2.45) is 11.3 Å². The average Bonchev–Trinajstić information content (AvgIpc) is 3.99. The van der Waals surface area contributed by atoms with Gasteiger partial charge in [0.05, 0.1) is 42.9 Å². The molecule has 6 aliphatic rings. The molecule has 2 saturated heterocycles. The number of carbonyl (C=O) groups is 1. The molecule has 12 rings (SSSR count). The molecule has 2 aromatic carbocycles. The van der Waals surface area contributed by atoms with E-state index in [0.717, 1.165) is 108 Å². The van der Waals surface area contributed by atoms with Crippen molar-refractivity contribution in [2.75, 3.05) is 69.0 Å². The van der Waals surface area contributed by atoms with Crippen LogP contribution in [-0.2, 0) is 16.6 Å². The Balaban J connectivity index is 0.754. The second-order valence-electron chi connectivity index (χ2n) is 23.8. The van der Waals surface area contributed by atoms with Crippen LogP contribution in [0, 0.1) is 22.4 Å². The fourth-order valence-electron chi connectivity index (χ4n) is 13.0. The summed E-state index contributed by atoms with van der Waals surface area (Å²) in [6.07, 6.45) is 12.4. The second-order valence-corrected chi connectivity index (χ2v) is 25.5. The first-order chi connectivity index (χ1) is 38.4. The fraction of sp³-hybridized carbons (Fsp3) is 0.492. The zero-order valence-corrected chi connectivity index (χ0v) is 46.9. The van der Waals surface area contributed by atoms with E-state index in [0.29, 0.717) is 37.4 Å². The molecule has 4 aromatic heterocycles. The molecule has 80 heavy (non-hydrogen) atoms. The molecule has 424 valence electrons. The number of hydrogen-bond donors (Lipinski definition) is 6. The molecule has 1 amide bonds. The van der Waals surface area contributed by atoms with Gasteiger partial charge in [0, 0.05) is 101 Å². The van der Waals surface area contributed by atoms with Crippen molar-refractivity contribution in [3.05, 3.63) is 113 Å². The quantitative estimate of drug-likeness (QED) is 0.0509. The number of piperazine rings is 1. The third-order valence-corrected chi connectivity index (χ3v) is 19.2. The Hall–Kier alpha value is -6.62. The number of methoxy groups -OCH3 is 1. The number of rotatable bonds is 16. The molecule has 6 aromatic rings. The number of pyridine rings is 3. The lowest BCUT2D eigenvalue weighted by molar-refractivity contribution is -0.751. The number of hydrogen-bond acceptors (Lipinski definition) is 16. The molecule has 21 heteroatoms. The van der Waals surface area contributed by atoms with Crippen LogP contribution < -0.4 is 39.5 Å². The number of carbonyl (C=O) groups excluding carboxylic acids is 1. The summed E-state index contributed by atoms with van der Waals surface area (Å²) in [7, 11) is -1.88. The number of fused-ring (bicyclic) bond motifs is 3. The molecule has 5 fully saturated rings. The Morgan fingerprint density at radius 2 is 1.81 bits per heavy atom. The number of hydroxylamine groups is 1. The van der Waals surface area contributed by atoms with Gasteiger partial charge in [-0.1, -0.05) is 38.1 Å². The number of anilines is 3. The molecule has 3 unspecified atom stereocenters. The number of benzene rings is 2. The summed E-state index contributed by atoms with van der Waals surface area (Å²) >= 11 is 0. The molecule has 3 saturated carbocycles. The van der Waals surface area contributed by atoms with Crippen LogP contribution in [0.3, 0.4) is 0 Å². The van der Waals surface area contributed by atoms with Crippen LogP contribution in [0.2, 0.25) is 0 Å². The molecular weight excluding hydrogens is 1040 g/mol. The van der Waals surface area contributed by atoms with Crippen LogP contribution in [0.15, 0.2) is 84.1 Å². The van der Waals surface area contributed by atoms with Crippen LogP contribution in [0.4, 0.5) is 27.3 Å². The highest BCUT2D eigenvalue weighted by Gasteiger charge is 2.50. The predicted octanol–water partition coefficient (Wildman–Crippen LogP) is 7.79. The van der Waals surface area contributed by atoms with Crippen LogP contribution in [0.5, 0.6) is 23.3 Å². The minimum absolute atomic E-state index is 0.00209. The fourth-order valence-corrected chi connectivity index (χ4v) is 14.0. The number of quaternary nitrogens is 1. The van der Waals surface area contributed by atoms with Gasteiger partial charge in [0.1, 0.15) is 33.9 Å². The largest absolute Gasteiger partial charge is 0.629 e. The standard InChI is InChI=1S/C59H72FN11O8S/c1-35(2)41-8-6-7-9-42(41)48-34-69(33-37-14-19-61-57-52(37)65-46-27-50(46)79-57)22-23-71(48)39-28-59(29-39)17-20-70(21-18-59)38-10-11-43(49(24-38)78-51-26-44-45(60)32-64-53(44)66-56(51)77-5)55(72)67-80(75,76)40-25-47(68(4)74)54(63-31-40)62-30-36-12-15-58(3,73)16-13-36/h6-11,14,19,24-26,31-32,35-36,39,46,48,50,65,68,73H,12-13,15-18,20-23,27-30,33-34H2,1-5H3,(H,62,63)(H,64,66)(H,67,72)/t36-,46?,48-,50?,58-/m0/s1. The molecule has 7 heterocycles.